The van der Waals surface area contributed by atoms with Gasteiger partial charge in [-0.3, -0.25) is 0 Å². The fourth-order valence-corrected chi connectivity index (χ4v) is 1.68. The molecule has 0 fully saturated rings. The van der Waals surface area contributed by atoms with E-state index >= 15 is 0 Å². The molecule has 1 heterocycles. The third-order valence-corrected chi connectivity index (χ3v) is 2.65. The minimum atomic E-state index is 0. The van der Waals surface area contributed by atoms with E-state index in [0.29, 0.717) is 11.8 Å². The average Bonchev–Trinajstić information content (AvgIpc) is 3.25. The van der Waals surface area contributed by atoms with Crippen molar-refractivity contribution < 1.29 is 41.5 Å². The largest absolute Gasteiger partial charge is 2.00 e. The molecular weight excluding hydrogens is 422 g/mol. The quantitative estimate of drug-likeness (QED) is 0.315. The maximum atomic E-state index is 5.65. The Bertz CT molecular complexity index is 693. The van der Waals surface area contributed by atoms with Crippen LogP contribution in [-0.4, -0.2) is 10.2 Å². The summed E-state index contributed by atoms with van der Waals surface area (Å²) in [5, 5.41) is 8.11. The first kappa shape index (κ1) is 33.7. The molecule has 0 saturated heterocycles. The minimum absolute atomic E-state index is 0. The summed E-state index contributed by atoms with van der Waals surface area (Å²) in [4.78, 5) is 0. The van der Waals surface area contributed by atoms with Crippen LogP contribution >= 0.6 is 0 Å². The summed E-state index contributed by atoms with van der Waals surface area (Å²) in [5.41, 5.74) is 2.78. The Morgan fingerprint density at radius 1 is 0.714 bits per heavy atom. The van der Waals surface area contributed by atoms with Gasteiger partial charge in [-0.25, -0.2) is 0 Å². The van der Waals surface area contributed by atoms with Crippen molar-refractivity contribution in [1.82, 2.24) is 10.2 Å². The van der Waals surface area contributed by atoms with Crippen LogP contribution in [0, 0.1) is 19.8 Å². The molecule has 5 heteroatoms. The monoisotopic (exact) mass is 452 g/mol. The second-order valence-electron chi connectivity index (χ2n) is 3.98. The zero-order chi connectivity index (χ0) is 20.4. The molecule has 3 aromatic rings. The van der Waals surface area contributed by atoms with Crippen molar-refractivity contribution in [2.75, 3.05) is 0 Å². The zero-order valence-electron chi connectivity index (χ0n) is 17.7. The van der Waals surface area contributed by atoms with Gasteiger partial charge in [0.15, 0.2) is 0 Å². The topological polar surface area (TPSA) is 38.9 Å². The molecule has 0 aliphatic heterocycles. The van der Waals surface area contributed by atoms with Crippen LogP contribution in [-0.2, 0) is 37.1 Å². The summed E-state index contributed by atoms with van der Waals surface area (Å²) in [6.07, 6.45) is 9.00. The first-order valence-corrected chi connectivity index (χ1v) is 8.93. The van der Waals surface area contributed by atoms with Gasteiger partial charge in [0.2, 0.25) is 11.8 Å². The Hall–Kier alpha value is -1.82. The van der Waals surface area contributed by atoms with Crippen molar-refractivity contribution in [3.05, 3.63) is 73.5 Å². The summed E-state index contributed by atoms with van der Waals surface area (Å²) in [6, 6.07) is 17.4. The van der Waals surface area contributed by atoms with E-state index in [9.17, 15) is 0 Å². The van der Waals surface area contributed by atoms with Gasteiger partial charge in [-0.1, -0.05) is 59.7 Å². The first-order chi connectivity index (χ1) is 12.8. The molecule has 3 rings (SSSR count). The second-order valence-corrected chi connectivity index (χ2v) is 3.98. The summed E-state index contributed by atoms with van der Waals surface area (Å²) in [7, 11) is 0. The van der Waals surface area contributed by atoms with Crippen molar-refractivity contribution in [2.24, 2.45) is 0 Å². The van der Waals surface area contributed by atoms with Gasteiger partial charge in [0.05, 0.1) is 0 Å². The number of nitrogens with zero attached hydrogens (tertiary/aromatic N) is 2. The second kappa shape index (κ2) is 23.2. The SMILES string of the molecule is CC.CC.CC.[C-]#C.[CH2-]c1ccc(-c2nnc(-c3ccccc3)o2)cc1.[V+2].[V]. The molecule has 2 radical (unpaired) electrons. The van der Waals surface area contributed by atoms with Gasteiger partial charge < -0.3 is 17.3 Å². The predicted molar refractivity (Wildman–Crippen MR) is 112 cm³/mol. The van der Waals surface area contributed by atoms with Gasteiger partial charge in [0.25, 0.3) is 0 Å². The van der Waals surface area contributed by atoms with Crippen LogP contribution in [0.25, 0.3) is 22.9 Å². The van der Waals surface area contributed by atoms with Crippen molar-refractivity contribution in [3.8, 4) is 29.3 Å². The Morgan fingerprint density at radius 3 is 1.46 bits per heavy atom. The normalized spacial score (nSPS) is 7.43. The molecule has 28 heavy (non-hydrogen) atoms. The van der Waals surface area contributed by atoms with Crippen molar-refractivity contribution in [3.63, 3.8) is 0 Å². The maximum absolute atomic E-state index is 5.65. The van der Waals surface area contributed by atoms with Gasteiger partial charge in [0.1, 0.15) is 0 Å². The van der Waals surface area contributed by atoms with Gasteiger partial charge in [0, 0.05) is 29.7 Å². The van der Waals surface area contributed by atoms with Gasteiger partial charge >= 0.3 is 18.6 Å². The summed E-state index contributed by atoms with van der Waals surface area (Å²) >= 11 is 0. The number of benzene rings is 2. The fourth-order valence-electron chi connectivity index (χ4n) is 1.68. The van der Waals surface area contributed by atoms with Crippen LogP contribution in [0.3, 0.4) is 0 Å². The third-order valence-electron chi connectivity index (χ3n) is 2.65. The van der Waals surface area contributed by atoms with E-state index in [1.54, 1.807) is 0 Å². The minimum Gasteiger partial charge on any atom is -0.697 e. The number of rotatable bonds is 2. The number of hydrogen-bond acceptors (Lipinski definition) is 3. The van der Waals surface area contributed by atoms with E-state index in [0.717, 1.165) is 16.7 Å². The van der Waals surface area contributed by atoms with Crippen molar-refractivity contribution >= 4 is 0 Å². The third kappa shape index (κ3) is 11.8. The van der Waals surface area contributed by atoms with E-state index < -0.39 is 0 Å². The maximum Gasteiger partial charge on any atom is 2.00 e. The van der Waals surface area contributed by atoms with E-state index in [1.165, 1.54) is 0 Å². The van der Waals surface area contributed by atoms with E-state index in [1.807, 2.05) is 96.1 Å². The predicted octanol–water partition coefficient (Wildman–Crippen LogP) is 6.87. The van der Waals surface area contributed by atoms with Crippen molar-refractivity contribution in [2.45, 2.75) is 41.5 Å². The molecule has 2 aromatic carbocycles. The van der Waals surface area contributed by atoms with Gasteiger partial charge in [-0.15, -0.1) is 22.3 Å². The number of aromatic nitrogens is 2. The fraction of sp³-hybridized carbons (Fsp3) is 0.261. The average molecular weight is 452 g/mol. The van der Waals surface area contributed by atoms with Crippen LogP contribution in [0.15, 0.2) is 59.0 Å². The standard InChI is InChI=1S/C15H11N2O.3C2H6.C2H.2V/c1-11-7-9-13(10-8-11)15-17-16-14(18-15)12-5-3-2-4-6-12;4*1-2;;/h2-10H,1H2;3*1-2H3;1H;;/q-1;;;;-1;;+2. The van der Waals surface area contributed by atoms with Crippen molar-refractivity contribution in [1.29, 1.82) is 0 Å². The molecule has 0 unspecified atom stereocenters. The van der Waals surface area contributed by atoms with E-state index in [4.69, 9.17) is 10.8 Å². The van der Waals surface area contributed by atoms with Gasteiger partial charge in [-0.05, 0) is 12.1 Å². The van der Waals surface area contributed by atoms with Crippen LogP contribution in [0.5, 0.6) is 0 Å². The summed E-state index contributed by atoms with van der Waals surface area (Å²) < 4.78 is 5.65. The molecule has 0 bridgehead atoms. The smallest absolute Gasteiger partial charge is 0.697 e. The molecule has 0 atom stereocenters. The Balaban J connectivity index is -0.000000258. The molecule has 0 aliphatic rings. The Kier molecular flexibility index (Phi) is 28.0. The summed E-state index contributed by atoms with van der Waals surface area (Å²) in [6.45, 7) is 15.8. The van der Waals surface area contributed by atoms with E-state index in [2.05, 4.69) is 23.5 Å². The van der Waals surface area contributed by atoms with Crippen LogP contribution in [0.2, 0.25) is 0 Å². The molecule has 0 N–H and O–H groups in total. The molecule has 148 valence electrons. The number of terminal acetylenes is 1. The molecule has 3 nitrogen and oxygen atoms in total. The molecule has 0 saturated carbocycles. The molecule has 0 aliphatic carbocycles. The number of hydrogen-bond donors (Lipinski definition) is 0. The van der Waals surface area contributed by atoms with E-state index in [-0.39, 0.29) is 37.1 Å². The molecule has 0 spiro atoms. The zero-order valence-corrected chi connectivity index (χ0v) is 20.5. The Labute approximate surface area is 195 Å². The first-order valence-electron chi connectivity index (χ1n) is 8.93. The molecule has 0 amide bonds. The molecule has 1 aromatic heterocycles. The summed E-state index contributed by atoms with van der Waals surface area (Å²) in [5.74, 6) is 1.05. The molecular formula is C23H30N2OV2. The van der Waals surface area contributed by atoms with Crippen LogP contribution in [0.4, 0.5) is 0 Å². The van der Waals surface area contributed by atoms with Crippen LogP contribution < -0.4 is 0 Å². The Morgan fingerprint density at radius 2 is 1.07 bits per heavy atom. The van der Waals surface area contributed by atoms with Gasteiger partial charge in [-0.2, -0.15) is 24.6 Å². The van der Waals surface area contributed by atoms with Crippen LogP contribution in [0.1, 0.15) is 47.1 Å².